The van der Waals surface area contributed by atoms with Crippen LogP contribution in [0.15, 0.2) is 24.3 Å². The van der Waals surface area contributed by atoms with E-state index in [9.17, 15) is 5.11 Å². The third-order valence-corrected chi connectivity index (χ3v) is 4.31. The molecule has 2 unspecified atom stereocenters. The number of benzene rings is 1. The van der Waals surface area contributed by atoms with Crippen molar-refractivity contribution in [3.63, 3.8) is 0 Å². The van der Waals surface area contributed by atoms with Crippen LogP contribution in [0.2, 0.25) is 0 Å². The van der Waals surface area contributed by atoms with Crippen LogP contribution < -0.4 is 0 Å². The van der Waals surface area contributed by atoms with E-state index in [1.54, 1.807) is 0 Å². The molecule has 2 nitrogen and oxygen atoms in total. The van der Waals surface area contributed by atoms with E-state index >= 15 is 0 Å². The first-order chi connectivity index (χ1) is 9.13. The Bertz CT molecular complexity index is 379. The fraction of sp³-hybridized carbons (Fsp3) is 0.647. The predicted molar refractivity (Wildman–Crippen MR) is 80.3 cm³/mol. The molecule has 1 aliphatic rings. The molecule has 1 aromatic rings. The van der Waals surface area contributed by atoms with Gasteiger partial charge in [0.2, 0.25) is 0 Å². The van der Waals surface area contributed by atoms with Crippen molar-refractivity contribution >= 4 is 0 Å². The Morgan fingerprint density at radius 3 is 2.00 bits per heavy atom. The predicted octanol–water partition coefficient (Wildman–Crippen LogP) is 3.58. The second kappa shape index (κ2) is 6.53. The number of rotatable bonds is 5. The Morgan fingerprint density at radius 1 is 1.00 bits per heavy atom. The molecule has 2 atom stereocenters. The molecule has 0 aromatic heterocycles. The summed E-state index contributed by atoms with van der Waals surface area (Å²) in [5.74, 6) is 0.873. The smallest absolute Gasteiger partial charge is 0.0474 e. The van der Waals surface area contributed by atoms with Crippen LogP contribution in [0, 0.1) is 5.92 Å². The molecule has 0 amide bonds. The summed E-state index contributed by atoms with van der Waals surface area (Å²) in [6.45, 7) is 9.20. The summed E-state index contributed by atoms with van der Waals surface area (Å²) >= 11 is 0. The molecule has 1 heterocycles. The van der Waals surface area contributed by atoms with Gasteiger partial charge in [0.25, 0.3) is 0 Å². The van der Waals surface area contributed by atoms with Crippen molar-refractivity contribution in [1.82, 2.24) is 4.90 Å². The van der Waals surface area contributed by atoms with Gasteiger partial charge in [-0.15, -0.1) is 0 Å². The van der Waals surface area contributed by atoms with Crippen LogP contribution in [0.25, 0.3) is 0 Å². The van der Waals surface area contributed by atoms with E-state index in [1.165, 1.54) is 37.1 Å². The number of hydrogen-bond acceptors (Lipinski definition) is 2. The molecule has 1 aliphatic heterocycles. The van der Waals surface area contributed by atoms with Crippen molar-refractivity contribution in [2.75, 3.05) is 19.7 Å². The van der Waals surface area contributed by atoms with Gasteiger partial charge in [-0.25, -0.2) is 0 Å². The third-order valence-electron chi connectivity index (χ3n) is 4.31. The Balaban J connectivity index is 2.21. The lowest BCUT2D eigenvalue weighted by molar-refractivity contribution is 0.126. The van der Waals surface area contributed by atoms with Crippen molar-refractivity contribution in [1.29, 1.82) is 0 Å². The average molecular weight is 261 g/mol. The first kappa shape index (κ1) is 14.5. The average Bonchev–Trinajstić information content (AvgIpc) is 2.93. The fourth-order valence-corrected chi connectivity index (χ4v) is 3.10. The number of aliphatic hydroxyl groups excluding tert-OH is 1. The van der Waals surface area contributed by atoms with Gasteiger partial charge in [0.15, 0.2) is 0 Å². The van der Waals surface area contributed by atoms with Gasteiger partial charge < -0.3 is 5.11 Å². The van der Waals surface area contributed by atoms with Crippen LogP contribution in [0.3, 0.4) is 0 Å². The molecule has 2 rings (SSSR count). The summed E-state index contributed by atoms with van der Waals surface area (Å²) in [7, 11) is 0. The second-order valence-corrected chi connectivity index (χ2v) is 6.17. The van der Waals surface area contributed by atoms with Crippen LogP contribution in [0.5, 0.6) is 0 Å². The summed E-state index contributed by atoms with van der Waals surface area (Å²) in [5, 5.41) is 9.54. The van der Waals surface area contributed by atoms with Crippen molar-refractivity contribution in [2.24, 2.45) is 5.92 Å². The minimum Gasteiger partial charge on any atom is -0.396 e. The van der Waals surface area contributed by atoms with Gasteiger partial charge in [-0.05, 0) is 48.9 Å². The van der Waals surface area contributed by atoms with Crippen molar-refractivity contribution in [2.45, 2.75) is 45.6 Å². The van der Waals surface area contributed by atoms with Crippen LogP contribution in [0.1, 0.15) is 56.7 Å². The first-order valence-corrected chi connectivity index (χ1v) is 7.58. The lowest BCUT2D eigenvalue weighted by atomic mass is 9.91. The molecule has 0 radical (unpaired) electrons. The van der Waals surface area contributed by atoms with E-state index in [0.717, 1.165) is 0 Å². The Kier molecular flexibility index (Phi) is 5.00. The van der Waals surface area contributed by atoms with Gasteiger partial charge in [0, 0.05) is 12.6 Å². The van der Waals surface area contributed by atoms with Gasteiger partial charge in [-0.3, -0.25) is 4.90 Å². The standard InChI is InChI=1S/C17H27NO/c1-13(2)15-6-8-16(9-7-15)17(14(3)12-19)18-10-4-5-11-18/h6-9,13-14,17,19H,4-5,10-12H2,1-3H3. The van der Waals surface area contributed by atoms with Crippen LogP contribution >= 0.6 is 0 Å². The fourth-order valence-electron chi connectivity index (χ4n) is 3.10. The molecule has 0 saturated carbocycles. The monoisotopic (exact) mass is 261 g/mol. The van der Waals surface area contributed by atoms with Gasteiger partial charge >= 0.3 is 0 Å². The number of aliphatic hydroxyl groups is 1. The largest absolute Gasteiger partial charge is 0.396 e. The molecule has 1 saturated heterocycles. The number of hydrogen-bond donors (Lipinski definition) is 1. The lowest BCUT2D eigenvalue weighted by Crippen LogP contribution is -2.31. The maximum atomic E-state index is 9.54. The highest BCUT2D eigenvalue weighted by Gasteiger charge is 2.27. The summed E-state index contributed by atoms with van der Waals surface area (Å²) in [5.41, 5.74) is 2.74. The van der Waals surface area contributed by atoms with E-state index in [-0.39, 0.29) is 6.61 Å². The number of nitrogens with zero attached hydrogens (tertiary/aromatic N) is 1. The SMILES string of the molecule is CC(C)c1ccc(C(C(C)CO)N2CCCC2)cc1. The Labute approximate surface area is 117 Å². The van der Waals surface area contributed by atoms with Gasteiger partial charge in [0.05, 0.1) is 0 Å². The highest BCUT2D eigenvalue weighted by molar-refractivity contribution is 5.27. The second-order valence-electron chi connectivity index (χ2n) is 6.17. The quantitative estimate of drug-likeness (QED) is 0.876. The van der Waals surface area contributed by atoms with E-state index in [1.807, 2.05) is 0 Å². The molecule has 19 heavy (non-hydrogen) atoms. The highest BCUT2D eigenvalue weighted by Crippen LogP contribution is 2.32. The van der Waals surface area contributed by atoms with E-state index in [2.05, 4.69) is 49.9 Å². The van der Waals surface area contributed by atoms with Crippen LogP contribution in [-0.4, -0.2) is 29.7 Å². The molecular formula is C17H27NO. The zero-order valence-corrected chi connectivity index (χ0v) is 12.5. The van der Waals surface area contributed by atoms with E-state index in [4.69, 9.17) is 0 Å². The molecule has 106 valence electrons. The Hall–Kier alpha value is -0.860. The molecule has 0 bridgehead atoms. The molecule has 1 aromatic carbocycles. The van der Waals surface area contributed by atoms with Crippen molar-refractivity contribution < 1.29 is 5.11 Å². The zero-order valence-electron chi connectivity index (χ0n) is 12.5. The van der Waals surface area contributed by atoms with Crippen molar-refractivity contribution in [3.05, 3.63) is 35.4 Å². The Morgan fingerprint density at radius 2 is 1.53 bits per heavy atom. The molecule has 1 N–H and O–H groups in total. The van der Waals surface area contributed by atoms with Crippen LogP contribution in [0.4, 0.5) is 0 Å². The minimum absolute atomic E-state index is 0.257. The van der Waals surface area contributed by atoms with Gasteiger partial charge in [0.1, 0.15) is 0 Å². The molecular weight excluding hydrogens is 234 g/mol. The summed E-state index contributed by atoms with van der Waals surface area (Å²) in [6.07, 6.45) is 2.58. The molecule has 0 spiro atoms. The maximum absolute atomic E-state index is 9.54. The van der Waals surface area contributed by atoms with E-state index < -0.39 is 0 Å². The number of likely N-dealkylation sites (tertiary alicyclic amines) is 1. The zero-order chi connectivity index (χ0) is 13.8. The van der Waals surface area contributed by atoms with Crippen molar-refractivity contribution in [3.8, 4) is 0 Å². The van der Waals surface area contributed by atoms with Crippen LogP contribution in [-0.2, 0) is 0 Å². The summed E-state index contributed by atoms with van der Waals surface area (Å²) in [6, 6.07) is 9.36. The highest BCUT2D eigenvalue weighted by atomic mass is 16.3. The lowest BCUT2D eigenvalue weighted by Gasteiger charge is -2.32. The molecule has 0 aliphatic carbocycles. The molecule has 1 fully saturated rings. The van der Waals surface area contributed by atoms with Gasteiger partial charge in [-0.2, -0.15) is 0 Å². The van der Waals surface area contributed by atoms with Gasteiger partial charge in [-0.1, -0.05) is 45.0 Å². The topological polar surface area (TPSA) is 23.5 Å². The summed E-state index contributed by atoms with van der Waals surface area (Å²) in [4.78, 5) is 2.53. The third kappa shape index (κ3) is 3.37. The first-order valence-electron chi connectivity index (χ1n) is 7.58. The maximum Gasteiger partial charge on any atom is 0.0474 e. The minimum atomic E-state index is 0.257. The normalized spacial score (nSPS) is 19.8. The molecule has 2 heteroatoms. The summed E-state index contributed by atoms with van der Waals surface area (Å²) < 4.78 is 0. The van der Waals surface area contributed by atoms with E-state index in [0.29, 0.717) is 17.9 Å².